The molecule has 0 bridgehead atoms. The van der Waals surface area contributed by atoms with Gasteiger partial charge in [0.1, 0.15) is 0 Å². The van der Waals surface area contributed by atoms with Crippen molar-refractivity contribution in [2.75, 3.05) is 33.2 Å². The lowest BCUT2D eigenvalue weighted by Crippen LogP contribution is -2.58. The maximum Gasteiger partial charge on any atom is 0.307 e. The minimum atomic E-state index is -3.93. The summed E-state index contributed by atoms with van der Waals surface area (Å²) in [4.78, 5) is 34.5. The van der Waals surface area contributed by atoms with Gasteiger partial charge >= 0.3 is 10.2 Å². The summed E-state index contributed by atoms with van der Waals surface area (Å²) in [5.41, 5.74) is 6.40. The van der Waals surface area contributed by atoms with Crippen molar-refractivity contribution in [1.29, 1.82) is 0 Å². The molecule has 2 amide bonds. The Labute approximate surface area is 212 Å². The molecule has 2 N–H and O–H groups in total. The molecule has 3 aromatic rings. The summed E-state index contributed by atoms with van der Waals surface area (Å²) in [7, 11) is -1.91. The third-order valence-corrected chi connectivity index (χ3v) is 9.46. The Morgan fingerprint density at radius 2 is 1.97 bits per heavy atom. The van der Waals surface area contributed by atoms with E-state index in [2.05, 4.69) is 9.88 Å². The molecule has 0 aliphatic carbocycles. The number of primary amides is 1. The van der Waals surface area contributed by atoms with Gasteiger partial charge in [0.2, 0.25) is 5.91 Å². The predicted molar refractivity (Wildman–Crippen MR) is 134 cm³/mol. The lowest BCUT2D eigenvalue weighted by atomic mass is 10.1. The first-order valence-electron chi connectivity index (χ1n) is 11.2. The van der Waals surface area contributed by atoms with Gasteiger partial charge in [-0.3, -0.25) is 9.59 Å². The van der Waals surface area contributed by atoms with Gasteiger partial charge < -0.3 is 15.5 Å². The second-order valence-corrected chi connectivity index (χ2v) is 12.3. The fraction of sp³-hybridized carbons (Fsp3) is 0.409. The van der Waals surface area contributed by atoms with Crippen molar-refractivity contribution in [3.05, 3.63) is 51.2 Å². The number of hydrogen-bond donors (Lipinski definition) is 1. The SMILES string of the molecule is CN1CCc2nc(C(=O)N3CCN(S(=O)(=O)n4cc5ccc(Cl)cc5c4)CC3CC(N)=O)sc2C1. The van der Waals surface area contributed by atoms with Crippen LogP contribution in [-0.4, -0.2) is 82.6 Å². The van der Waals surface area contributed by atoms with Gasteiger partial charge in [0.15, 0.2) is 5.01 Å². The normalized spacial score (nSPS) is 19.7. The van der Waals surface area contributed by atoms with Crippen LogP contribution in [0.5, 0.6) is 0 Å². The quantitative estimate of drug-likeness (QED) is 0.528. The molecule has 5 rings (SSSR count). The van der Waals surface area contributed by atoms with Crippen LogP contribution in [0.1, 0.15) is 26.8 Å². The predicted octanol–water partition coefficient (Wildman–Crippen LogP) is 1.53. The summed E-state index contributed by atoms with van der Waals surface area (Å²) in [6, 6.07) is 4.46. The molecule has 0 spiro atoms. The van der Waals surface area contributed by atoms with Crippen LogP contribution in [0.2, 0.25) is 5.02 Å². The molecule has 0 saturated carbocycles. The summed E-state index contributed by atoms with van der Waals surface area (Å²) in [6.07, 6.45) is 3.67. The zero-order chi connectivity index (χ0) is 24.9. The molecule has 2 aromatic heterocycles. The average Bonchev–Trinajstić information content (AvgIpc) is 3.42. The van der Waals surface area contributed by atoms with Gasteiger partial charge in [0.05, 0.1) is 11.7 Å². The van der Waals surface area contributed by atoms with Crippen LogP contribution in [0.4, 0.5) is 0 Å². The number of piperazine rings is 1. The Morgan fingerprint density at radius 3 is 2.74 bits per heavy atom. The number of carbonyl (C=O) groups is 2. The highest BCUT2D eigenvalue weighted by Gasteiger charge is 2.38. The lowest BCUT2D eigenvalue weighted by molar-refractivity contribution is -0.119. The lowest BCUT2D eigenvalue weighted by Gasteiger charge is -2.40. The summed E-state index contributed by atoms with van der Waals surface area (Å²) < 4.78 is 29.2. The zero-order valence-electron chi connectivity index (χ0n) is 19.1. The number of nitrogens with zero attached hydrogens (tertiary/aromatic N) is 5. The fourth-order valence-corrected chi connectivity index (χ4v) is 7.36. The highest BCUT2D eigenvalue weighted by Crippen LogP contribution is 2.28. The van der Waals surface area contributed by atoms with Crippen LogP contribution >= 0.6 is 22.9 Å². The Morgan fingerprint density at radius 1 is 1.20 bits per heavy atom. The van der Waals surface area contributed by atoms with Crippen molar-refractivity contribution in [1.82, 2.24) is 23.1 Å². The molecule has 0 radical (unpaired) electrons. The number of benzene rings is 1. The molecule has 1 unspecified atom stereocenters. The molecular formula is C22H25ClN6O4S2. The van der Waals surface area contributed by atoms with Crippen LogP contribution < -0.4 is 5.73 Å². The highest BCUT2D eigenvalue weighted by atomic mass is 35.5. The molecule has 2 aliphatic rings. The second kappa shape index (κ2) is 9.17. The molecule has 13 heteroatoms. The van der Waals surface area contributed by atoms with Crippen molar-refractivity contribution in [2.24, 2.45) is 5.73 Å². The maximum absolute atomic E-state index is 13.4. The minimum Gasteiger partial charge on any atom is -0.370 e. The van der Waals surface area contributed by atoms with Crippen molar-refractivity contribution in [2.45, 2.75) is 25.4 Å². The maximum atomic E-state index is 13.4. The van der Waals surface area contributed by atoms with Gasteiger partial charge in [0, 0.05) is 78.6 Å². The number of nitrogens with two attached hydrogens (primary N) is 1. The van der Waals surface area contributed by atoms with E-state index in [4.69, 9.17) is 17.3 Å². The van der Waals surface area contributed by atoms with Gasteiger partial charge in [-0.2, -0.15) is 12.7 Å². The van der Waals surface area contributed by atoms with Gasteiger partial charge in [0.25, 0.3) is 5.91 Å². The van der Waals surface area contributed by atoms with Crippen molar-refractivity contribution in [3.8, 4) is 0 Å². The first-order chi connectivity index (χ1) is 16.6. The number of amides is 2. The van der Waals surface area contributed by atoms with Gasteiger partial charge in [-0.25, -0.2) is 8.96 Å². The van der Waals surface area contributed by atoms with Crippen LogP contribution in [0.3, 0.4) is 0 Å². The van der Waals surface area contributed by atoms with Crippen molar-refractivity contribution >= 4 is 55.7 Å². The number of rotatable bonds is 5. The number of carbonyl (C=O) groups excluding carboxylic acids is 2. The molecule has 2 aliphatic heterocycles. The molecule has 1 saturated heterocycles. The van der Waals surface area contributed by atoms with Gasteiger partial charge in [-0.05, 0) is 19.2 Å². The van der Waals surface area contributed by atoms with Crippen LogP contribution in [0.15, 0.2) is 30.6 Å². The second-order valence-electron chi connectivity index (χ2n) is 8.93. The number of halogens is 1. The summed E-state index contributed by atoms with van der Waals surface area (Å²) >= 11 is 7.40. The van der Waals surface area contributed by atoms with E-state index >= 15 is 0 Å². The van der Waals surface area contributed by atoms with E-state index < -0.39 is 22.2 Å². The van der Waals surface area contributed by atoms with E-state index in [1.807, 2.05) is 7.05 Å². The first kappa shape index (κ1) is 24.2. The Hall–Kier alpha value is -2.51. The topological polar surface area (TPSA) is 122 Å². The number of thiazole rings is 1. The molecule has 10 nitrogen and oxygen atoms in total. The van der Waals surface area contributed by atoms with E-state index in [1.54, 1.807) is 18.2 Å². The van der Waals surface area contributed by atoms with Gasteiger partial charge in [-0.1, -0.05) is 17.7 Å². The third-order valence-electron chi connectivity index (χ3n) is 6.42. The largest absolute Gasteiger partial charge is 0.370 e. The van der Waals surface area contributed by atoms with E-state index in [1.165, 1.54) is 32.9 Å². The molecule has 1 aromatic carbocycles. The average molecular weight is 537 g/mol. The number of aromatic nitrogens is 2. The van der Waals surface area contributed by atoms with E-state index in [9.17, 15) is 18.0 Å². The number of hydrogen-bond acceptors (Lipinski definition) is 7. The Balaban J connectivity index is 1.39. The molecule has 4 heterocycles. The van der Waals surface area contributed by atoms with E-state index in [-0.39, 0.29) is 32.0 Å². The summed E-state index contributed by atoms with van der Waals surface area (Å²) in [5.74, 6) is -0.898. The minimum absolute atomic E-state index is 0.0415. The molecule has 35 heavy (non-hydrogen) atoms. The van der Waals surface area contributed by atoms with Crippen molar-refractivity contribution in [3.63, 3.8) is 0 Å². The molecule has 1 fully saturated rings. The van der Waals surface area contributed by atoms with E-state index in [0.29, 0.717) is 15.4 Å². The smallest absolute Gasteiger partial charge is 0.307 e. The summed E-state index contributed by atoms with van der Waals surface area (Å²) in [5, 5.41) is 2.31. The third kappa shape index (κ3) is 4.68. The first-order valence-corrected chi connectivity index (χ1v) is 13.8. The highest BCUT2D eigenvalue weighted by molar-refractivity contribution is 7.87. The van der Waals surface area contributed by atoms with Crippen LogP contribution in [0.25, 0.3) is 10.8 Å². The number of fused-ring (bicyclic) bond motifs is 2. The molecular weight excluding hydrogens is 512 g/mol. The van der Waals surface area contributed by atoms with Crippen molar-refractivity contribution < 1.29 is 18.0 Å². The zero-order valence-corrected chi connectivity index (χ0v) is 21.4. The summed E-state index contributed by atoms with van der Waals surface area (Å²) in [6.45, 7) is 1.80. The molecule has 186 valence electrons. The standard InChI is InChI=1S/C22H25ClN6O4S2/c1-26-5-4-18-19(13-26)34-21(25-18)22(31)29-7-6-27(12-17(29)9-20(24)30)35(32,33)28-10-14-2-3-16(23)8-15(14)11-28/h2-3,8,10-11,17H,4-7,9,12-13H2,1H3,(H2,24,30). The Kier molecular flexibility index (Phi) is 6.34. The fourth-order valence-electron chi connectivity index (χ4n) is 4.60. The molecule has 1 atom stereocenters. The number of likely N-dealkylation sites (N-methyl/N-ethyl adjacent to an activating group) is 1. The Bertz CT molecular complexity index is 1420. The van der Waals surface area contributed by atoms with Crippen LogP contribution in [0, 0.1) is 0 Å². The monoisotopic (exact) mass is 536 g/mol. The van der Waals surface area contributed by atoms with E-state index in [0.717, 1.165) is 39.4 Å². The van der Waals surface area contributed by atoms with Crippen LogP contribution in [-0.2, 0) is 28.0 Å². The van der Waals surface area contributed by atoms with Gasteiger partial charge in [-0.15, -0.1) is 11.3 Å².